The van der Waals surface area contributed by atoms with Gasteiger partial charge in [-0.25, -0.2) is 9.50 Å². The fourth-order valence-electron chi connectivity index (χ4n) is 3.52. The van der Waals surface area contributed by atoms with Gasteiger partial charge < -0.3 is 20.1 Å². The van der Waals surface area contributed by atoms with E-state index in [1.165, 1.54) is 0 Å². The summed E-state index contributed by atoms with van der Waals surface area (Å²) in [5.41, 5.74) is 3.89. The Morgan fingerprint density at radius 3 is 3.00 bits per heavy atom. The number of aryl methyl sites for hydroxylation is 1. The summed E-state index contributed by atoms with van der Waals surface area (Å²) in [5, 5.41) is 11.0. The van der Waals surface area contributed by atoms with Crippen LogP contribution in [0.3, 0.4) is 0 Å². The molecule has 0 spiro atoms. The predicted octanol–water partition coefficient (Wildman–Crippen LogP) is 2.61. The van der Waals surface area contributed by atoms with Gasteiger partial charge in [-0.2, -0.15) is 5.10 Å². The molecule has 9 nitrogen and oxygen atoms in total. The molecule has 1 aliphatic heterocycles. The SMILES string of the molecule is Cc1cc(-c2ccn3nc(Nc4cnccn4)cc3c2)c(OC[C@H]2CNCCO2)cn1. The number of pyridine rings is 2. The summed E-state index contributed by atoms with van der Waals surface area (Å²) in [5.74, 6) is 2.08. The van der Waals surface area contributed by atoms with Gasteiger partial charge in [0.05, 0.1) is 24.5 Å². The molecule has 31 heavy (non-hydrogen) atoms. The first-order valence-corrected chi connectivity index (χ1v) is 10.2. The molecule has 0 saturated carbocycles. The summed E-state index contributed by atoms with van der Waals surface area (Å²) >= 11 is 0. The van der Waals surface area contributed by atoms with Gasteiger partial charge in [0.25, 0.3) is 0 Å². The van der Waals surface area contributed by atoms with E-state index in [0.717, 1.165) is 41.2 Å². The highest BCUT2D eigenvalue weighted by molar-refractivity contribution is 5.75. The third-order valence-electron chi connectivity index (χ3n) is 5.03. The van der Waals surface area contributed by atoms with Gasteiger partial charge in [0.2, 0.25) is 0 Å². The second kappa shape index (κ2) is 8.66. The lowest BCUT2D eigenvalue weighted by Gasteiger charge is -2.24. The van der Waals surface area contributed by atoms with E-state index in [1.54, 1.807) is 24.8 Å². The van der Waals surface area contributed by atoms with Crippen LogP contribution in [0.4, 0.5) is 11.6 Å². The predicted molar refractivity (Wildman–Crippen MR) is 117 cm³/mol. The molecule has 0 aromatic carbocycles. The molecule has 4 aromatic rings. The van der Waals surface area contributed by atoms with Crippen molar-refractivity contribution in [1.29, 1.82) is 0 Å². The van der Waals surface area contributed by atoms with Crippen LogP contribution >= 0.6 is 0 Å². The minimum atomic E-state index is 0.0370. The largest absolute Gasteiger partial charge is 0.489 e. The van der Waals surface area contributed by atoms with Gasteiger partial charge in [0.15, 0.2) is 5.82 Å². The van der Waals surface area contributed by atoms with Gasteiger partial charge in [0.1, 0.15) is 24.3 Å². The third kappa shape index (κ3) is 4.47. The Morgan fingerprint density at radius 2 is 2.16 bits per heavy atom. The molecule has 1 atom stereocenters. The van der Waals surface area contributed by atoms with Crippen LogP contribution in [-0.4, -0.2) is 57.0 Å². The van der Waals surface area contributed by atoms with E-state index in [0.29, 0.717) is 24.8 Å². The van der Waals surface area contributed by atoms with Crippen LogP contribution in [0.1, 0.15) is 5.69 Å². The van der Waals surface area contributed by atoms with E-state index in [1.807, 2.05) is 35.8 Å². The first kappa shape index (κ1) is 19.4. The zero-order valence-electron chi connectivity index (χ0n) is 17.2. The molecule has 158 valence electrons. The van der Waals surface area contributed by atoms with Crippen molar-refractivity contribution in [3.05, 3.63) is 60.9 Å². The molecule has 0 unspecified atom stereocenters. The zero-order valence-corrected chi connectivity index (χ0v) is 17.2. The number of morpholine rings is 1. The summed E-state index contributed by atoms with van der Waals surface area (Å²) in [7, 11) is 0. The summed E-state index contributed by atoms with van der Waals surface area (Å²) in [6.07, 6.45) is 8.68. The van der Waals surface area contributed by atoms with Gasteiger partial charge in [-0.1, -0.05) is 0 Å². The van der Waals surface area contributed by atoms with Crippen LogP contribution in [-0.2, 0) is 4.74 Å². The standard InChI is InChI=1S/C22H23N7O2/c1-15-8-19(20(12-26-15)31-14-18-11-24-5-7-30-18)16-2-6-29-17(9-16)10-21(28-29)27-22-13-23-3-4-25-22/h2-4,6,8-10,12-13,18,24H,5,7,11,14H2,1H3,(H,25,27,28)/t18-/m1/s1. The van der Waals surface area contributed by atoms with Gasteiger partial charge in [0, 0.05) is 49.0 Å². The molecule has 4 aromatic heterocycles. The van der Waals surface area contributed by atoms with Crippen molar-refractivity contribution >= 4 is 17.2 Å². The number of hydrogen-bond donors (Lipinski definition) is 2. The lowest BCUT2D eigenvalue weighted by molar-refractivity contribution is 0.000245. The van der Waals surface area contributed by atoms with Crippen molar-refractivity contribution < 1.29 is 9.47 Å². The summed E-state index contributed by atoms with van der Waals surface area (Å²) in [6.45, 7) is 4.83. The maximum absolute atomic E-state index is 6.10. The Kier molecular flexibility index (Phi) is 5.42. The van der Waals surface area contributed by atoms with Crippen LogP contribution < -0.4 is 15.4 Å². The molecule has 5 heterocycles. The van der Waals surface area contributed by atoms with Crippen molar-refractivity contribution in [2.45, 2.75) is 13.0 Å². The van der Waals surface area contributed by atoms with Crippen LogP contribution in [0.25, 0.3) is 16.6 Å². The van der Waals surface area contributed by atoms with Gasteiger partial charge in [-0.15, -0.1) is 0 Å². The highest BCUT2D eigenvalue weighted by atomic mass is 16.5. The Labute approximate surface area is 179 Å². The van der Waals surface area contributed by atoms with Crippen molar-refractivity contribution in [2.75, 3.05) is 31.6 Å². The van der Waals surface area contributed by atoms with Gasteiger partial charge >= 0.3 is 0 Å². The number of anilines is 2. The maximum atomic E-state index is 6.10. The average Bonchev–Trinajstić information content (AvgIpc) is 3.21. The summed E-state index contributed by atoms with van der Waals surface area (Å²) < 4.78 is 13.7. The van der Waals surface area contributed by atoms with Crippen molar-refractivity contribution in [1.82, 2.24) is 29.9 Å². The molecule has 1 fully saturated rings. The van der Waals surface area contributed by atoms with Crippen LogP contribution in [0.5, 0.6) is 5.75 Å². The molecule has 5 rings (SSSR count). The first-order valence-electron chi connectivity index (χ1n) is 10.2. The smallest absolute Gasteiger partial charge is 0.154 e. The van der Waals surface area contributed by atoms with E-state index >= 15 is 0 Å². The molecular weight excluding hydrogens is 394 g/mol. The summed E-state index contributed by atoms with van der Waals surface area (Å²) in [4.78, 5) is 12.7. The number of fused-ring (bicyclic) bond motifs is 1. The van der Waals surface area contributed by atoms with E-state index in [2.05, 4.69) is 36.8 Å². The molecule has 0 amide bonds. The van der Waals surface area contributed by atoms with Crippen LogP contribution in [0.15, 0.2) is 55.2 Å². The lowest BCUT2D eigenvalue weighted by Crippen LogP contribution is -2.41. The second-order valence-corrected chi connectivity index (χ2v) is 7.36. The average molecular weight is 417 g/mol. The van der Waals surface area contributed by atoms with Gasteiger partial charge in [-0.05, 0) is 30.7 Å². The third-order valence-corrected chi connectivity index (χ3v) is 5.03. The number of hydrogen-bond acceptors (Lipinski definition) is 8. The lowest BCUT2D eigenvalue weighted by atomic mass is 10.1. The number of nitrogens with zero attached hydrogens (tertiary/aromatic N) is 5. The van der Waals surface area contributed by atoms with Crippen molar-refractivity contribution in [3.8, 4) is 16.9 Å². The quantitative estimate of drug-likeness (QED) is 0.494. The molecule has 9 heteroatoms. The topological polar surface area (TPSA) is 98.5 Å². The molecule has 0 bridgehead atoms. The van der Waals surface area contributed by atoms with Crippen LogP contribution in [0.2, 0.25) is 0 Å². The Balaban J connectivity index is 1.41. The molecule has 0 radical (unpaired) electrons. The highest BCUT2D eigenvalue weighted by Gasteiger charge is 2.16. The van der Waals surface area contributed by atoms with Crippen LogP contribution in [0, 0.1) is 6.92 Å². The fraction of sp³-hybridized carbons (Fsp3) is 0.273. The van der Waals surface area contributed by atoms with E-state index < -0.39 is 0 Å². The Bertz CT molecular complexity index is 1170. The normalized spacial score (nSPS) is 16.4. The fourth-order valence-corrected chi connectivity index (χ4v) is 3.52. The van der Waals surface area contributed by atoms with Crippen molar-refractivity contribution in [2.24, 2.45) is 0 Å². The number of aromatic nitrogens is 5. The van der Waals surface area contributed by atoms with Gasteiger partial charge in [-0.3, -0.25) is 9.97 Å². The maximum Gasteiger partial charge on any atom is 0.154 e. The van der Waals surface area contributed by atoms with Crippen molar-refractivity contribution in [3.63, 3.8) is 0 Å². The first-order chi connectivity index (χ1) is 15.2. The summed E-state index contributed by atoms with van der Waals surface area (Å²) in [6, 6.07) is 8.10. The molecule has 2 N–H and O–H groups in total. The molecule has 1 aliphatic rings. The van der Waals surface area contributed by atoms with E-state index in [9.17, 15) is 0 Å². The minimum absolute atomic E-state index is 0.0370. The Hall–Kier alpha value is -3.56. The zero-order chi connectivity index (χ0) is 21.0. The van der Waals surface area contributed by atoms with E-state index in [-0.39, 0.29) is 6.10 Å². The molecule has 1 saturated heterocycles. The number of ether oxygens (including phenoxy) is 2. The Morgan fingerprint density at radius 1 is 1.19 bits per heavy atom. The van der Waals surface area contributed by atoms with E-state index in [4.69, 9.17) is 9.47 Å². The minimum Gasteiger partial charge on any atom is -0.489 e. The highest BCUT2D eigenvalue weighted by Crippen LogP contribution is 2.31. The molecule has 0 aliphatic carbocycles. The number of nitrogens with one attached hydrogen (secondary N) is 2. The second-order valence-electron chi connectivity index (χ2n) is 7.36. The monoisotopic (exact) mass is 417 g/mol. The number of rotatable bonds is 6. The molecular formula is C22H23N7O2.